The summed E-state index contributed by atoms with van der Waals surface area (Å²) in [6.07, 6.45) is 0. The fourth-order valence-corrected chi connectivity index (χ4v) is 3.02. The maximum atomic E-state index is 12.9. The van der Waals surface area contributed by atoms with Gasteiger partial charge in [0.05, 0.1) is 13.2 Å². The second kappa shape index (κ2) is 9.55. The summed E-state index contributed by atoms with van der Waals surface area (Å²) >= 11 is 0. The Balaban J connectivity index is 1.80. The van der Waals surface area contributed by atoms with Gasteiger partial charge in [0, 0.05) is 19.0 Å². The Kier molecular flexibility index (Phi) is 6.63. The summed E-state index contributed by atoms with van der Waals surface area (Å²) in [5, 5.41) is 5.87. The van der Waals surface area contributed by atoms with Crippen LogP contribution in [0.5, 0.6) is 5.75 Å². The third kappa shape index (κ3) is 5.45. The SMILES string of the molecule is COc1ccc(C(NC(=O)c2ccc(CNC(C)=O)cc2)c2ccccc2)cc1. The van der Waals surface area contributed by atoms with E-state index in [1.165, 1.54) is 6.92 Å². The number of hydrogen-bond donors (Lipinski definition) is 2. The zero-order chi connectivity index (χ0) is 20.6. The molecule has 5 heteroatoms. The molecule has 0 radical (unpaired) electrons. The first-order valence-corrected chi connectivity index (χ1v) is 9.40. The van der Waals surface area contributed by atoms with Gasteiger partial charge in [0.25, 0.3) is 5.91 Å². The van der Waals surface area contributed by atoms with Crippen molar-refractivity contribution in [1.29, 1.82) is 0 Å². The van der Waals surface area contributed by atoms with E-state index in [0.29, 0.717) is 12.1 Å². The van der Waals surface area contributed by atoms with Crippen molar-refractivity contribution < 1.29 is 14.3 Å². The third-order valence-electron chi connectivity index (χ3n) is 4.62. The smallest absolute Gasteiger partial charge is 0.252 e. The first-order chi connectivity index (χ1) is 14.1. The van der Waals surface area contributed by atoms with Crippen LogP contribution in [0.3, 0.4) is 0 Å². The van der Waals surface area contributed by atoms with E-state index < -0.39 is 0 Å². The molecule has 2 N–H and O–H groups in total. The van der Waals surface area contributed by atoms with Gasteiger partial charge in [0.2, 0.25) is 5.91 Å². The van der Waals surface area contributed by atoms with Crippen LogP contribution in [0.4, 0.5) is 0 Å². The van der Waals surface area contributed by atoms with Crippen LogP contribution < -0.4 is 15.4 Å². The monoisotopic (exact) mass is 388 g/mol. The quantitative estimate of drug-likeness (QED) is 0.646. The predicted molar refractivity (Wildman–Crippen MR) is 113 cm³/mol. The Morgan fingerprint density at radius 1 is 0.862 bits per heavy atom. The second-order valence-corrected chi connectivity index (χ2v) is 6.70. The number of benzene rings is 3. The highest BCUT2D eigenvalue weighted by Crippen LogP contribution is 2.24. The molecule has 0 aromatic heterocycles. The van der Waals surface area contributed by atoms with E-state index >= 15 is 0 Å². The number of hydrogen-bond acceptors (Lipinski definition) is 3. The average molecular weight is 388 g/mol. The molecule has 148 valence electrons. The number of carbonyl (C=O) groups is 2. The van der Waals surface area contributed by atoms with Gasteiger partial charge in [-0.2, -0.15) is 0 Å². The van der Waals surface area contributed by atoms with E-state index in [1.807, 2.05) is 66.7 Å². The van der Waals surface area contributed by atoms with E-state index in [4.69, 9.17) is 4.74 Å². The zero-order valence-corrected chi connectivity index (χ0v) is 16.5. The predicted octanol–water partition coefficient (Wildman–Crippen LogP) is 3.85. The summed E-state index contributed by atoms with van der Waals surface area (Å²) in [6.45, 7) is 1.92. The zero-order valence-electron chi connectivity index (χ0n) is 16.5. The van der Waals surface area contributed by atoms with Gasteiger partial charge in [-0.3, -0.25) is 9.59 Å². The fraction of sp³-hybridized carbons (Fsp3) is 0.167. The van der Waals surface area contributed by atoms with Crippen molar-refractivity contribution in [2.24, 2.45) is 0 Å². The van der Waals surface area contributed by atoms with Crippen LogP contribution in [0.25, 0.3) is 0 Å². The summed E-state index contributed by atoms with van der Waals surface area (Å²) in [6, 6.07) is 24.4. The van der Waals surface area contributed by atoms with Crippen molar-refractivity contribution >= 4 is 11.8 Å². The van der Waals surface area contributed by atoms with E-state index in [-0.39, 0.29) is 17.9 Å². The van der Waals surface area contributed by atoms with Gasteiger partial charge in [-0.25, -0.2) is 0 Å². The van der Waals surface area contributed by atoms with Crippen molar-refractivity contribution in [3.05, 3.63) is 101 Å². The van der Waals surface area contributed by atoms with E-state index in [1.54, 1.807) is 19.2 Å². The highest BCUT2D eigenvalue weighted by molar-refractivity contribution is 5.94. The number of rotatable bonds is 7. The van der Waals surface area contributed by atoms with Crippen LogP contribution in [-0.4, -0.2) is 18.9 Å². The molecule has 0 fully saturated rings. The topological polar surface area (TPSA) is 67.4 Å². The summed E-state index contributed by atoms with van der Waals surface area (Å²) in [5.41, 5.74) is 3.46. The molecule has 0 aliphatic carbocycles. The Labute approximate surface area is 170 Å². The molecule has 5 nitrogen and oxygen atoms in total. The standard InChI is InChI=1S/C24H24N2O3/c1-17(27)25-16-18-8-10-21(11-9-18)24(28)26-23(19-6-4-3-5-7-19)20-12-14-22(29-2)15-13-20/h3-15,23H,16H2,1-2H3,(H,25,27)(H,26,28). The van der Waals surface area contributed by atoms with Crippen LogP contribution in [0, 0.1) is 0 Å². The first kappa shape index (κ1) is 20.1. The van der Waals surface area contributed by atoms with Crippen LogP contribution in [0.1, 0.15) is 40.0 Å². The summed E-state index contributed by atoms with van der Waals surface area (Å²) in [7, 11) is 1.63. The fourth-order valence-electron chi connectivity index (χ4n) is 3.02. The lowest BCUT2D eigenvalue weighted by molar-refractivity contribution is -0.119. The lowest BCUT2D eigenvalue weighted by atomic mass is 9.98. The first-order valence-electron chi connectivity index (χ1n) is 9.40. The molecule has 0 bridgehead atoms. The van der Waals surface area contributed by atoms with Gasteiger partial charge in [-0.1, -0.05) is 54.6 Å². The van der Waals surface area contributed by atoms with Gasteiger partial charge >= 0.3 is 0 Å². The molecular weight excluding hydrogens is 364 g/mol. The lowest BCUT2D eigenvalue weighted by Gasteiger charge is -2.20. The Morgan fingerprint density at radius 3 is 2.07 bits per heavy atom. The molecule has 3 aromatic rings. The van der Waals surface area contributed by atoms with Gasteiger partial charge < -0.3 is 15.4 Å². The second-order valence-electron chi connectivity index (χ2n) is 6.70. The number of carbonyl (C=O) groups excluding carboxylic acids is 2. The van der Waals surface area contributed by atoms with Crippen LogP contribution >= 0.6 is 0 Å². The molecule has 1 atom stereocenters. The summed E-state index contributed by atoms with van der Waals surface area (Å²) in [5.74, 6) is 0.513. The molecule has 2 amide bonds. The number of methoxy groups -OCH3 is 1. The molecule has 3 aromatic carbocycles. The maximum absolute atomic E-state index is 12.9. The molecule has 1 unspecified atom stereocenters. The minimum atomic E-state index is -0.284. The number of nitrogens with one attached hydrogen (secondary N) is 2. The average Bonchev–Trinajstić information content (AvgIpc) is 2.77. The van der Waals surface area contributed by atoms with Gasteiger partial charge in [-0.15, -0.1) is 0 Å². The van der Waals surface area contributed by atoms with Crippen LogP contribution in [0.15, 0.2) is 78.9 Å². The van der Waals surface area contributed by atoms with Gasteiger partial charge in [-0.05, 0) is 41.0 Å². The van der Waals surface area contributed by atoms with E-state index in [9.17, 15) is 9.59 Å². The van der Waals surface area contributed by atoms with Gasteiger partial charge in [0.1, 0.15) is 5.75 Å². The molecule has 0 aliphatic rings. The molecule has 29 heavy (non-hydrogen) atoms. The number of amides is 2. The number of ether oxygens (including phenoxy) is 1. The van der Waals surface area contributed by atoms with Crippen molar-refractivity contribution in [2.45, 2.75) is 19.5 Å². The molecule has 0 saturated heterocycles. The molecule has 0 heterocycles. The molecule has 0 spiro atoms. The summed E-state index contributed by atoms with van der Waals surface area (Å²) < 4.78 is 5.24. The van der Waals surface area contributed by atoms with Crippen LogP contribution in [-0.2, 0) is 11.3 Å². The maximum Gasteiger partial charge on any atom is 0.252 e. The molecule has 0 saturated carbocycles. The van der Waals surface area contributed by atoms with E-state index in [0.717, 1.165) is 22.4 Å². The lowest BCUT2D eigenvalue weighted by Crippen LogP contribution is -2.29. The molecular formula is C24H24N2O3. The third-order valence-corrected chi connectivity index (χ3v) is 4.62. The van der Waals surface area contributed by atoms with Crippen molar-refractivity contribution in [3.63, 3.8) is 0 Å². The normalized spacial score (nSPS) is 11.4. The van der Waals surface area contributed by atoms with Crippen molar-refractivity contribution in [1.82, 2.24) is 10.6 Å². The molecule has 3 rings (SSSR count). The van der Waals surface area contributed by atoms with Crippen molar-refractivity contribution in [3.8, 4) is 5.75 Å². The highest BCUT2D eigenvalue weighted by atomic mass is 16.5. The van der Waals surface area contributed by atoms with Gasteiger partial charge in [0.15, 0.2) is 0 Å². The Hall–Kier alpha value is -3.60. The minimum Gasteiger partial charge on any atom is -0.497 e. The largest absolute Gasteiger partial charge is 0.497 e. The highest BCUT2D eigenvalue weighted by Gasteiger charge is 2.18. The van der Waals surface area contributed by atoms with Crippen molar-refractivity contribution in [2.75, 3.05) is 7.11 Å². The Bertz CT molecular complexity index is 952. The minimum absolute atomic E-state index is 0.0861. The van der Waals surface area contributed by atoms with Crippen LogP contribution in [0.2, 0.25) is 0 Å². The Morgan fingerprint density at radius 2 is 1.48 bits per heavy atom. The molecule has 0 aliphatic heterocycles. The summed E-state index contributed by atoms with van der Waals surface area (Å²) in [4.78, 5) is 23.9. The van der Waals surface area contributed by atoms with E-state index in [2.05, 4.69) is 10.6 Å².